The first-order valence-electron chi connectivity index (χ1n) is 7.81. The van der Waals surface area contributed by atoms with E-state index in [-0.39, 0.29) is 12.4 Å². The van der Waals surface area contributed by atoms with Gasteiger partial charge in [0.15, 0.2) is 5.75 Å². The van der Waals surface area contributed by atoms with Crippen LogP contribution in [0.4, 0.5) is 4.39 Å². The van der Waals surface area contributed by atoms with Crippen LogP contribution < -0.4 is 4.74 Å². The van der Waals surface area contributed by atoms with Gasteiger partial charge in [0.25, 0.3) is 0 Å². The smallest absolute Gasteiger partial charge is 0.310 e. The number of hydrogen-bond acceptors (Lipinski definition) is 3. The SMILES string of the molecule is CCC(=O)Oc1cccc2ccc(/C=C/c3c(F)cccc3Cl)nc12. The van der Waals surface area contributed by atoms with Gasteiger partial charge in [-0.15, -0.1) is 0 Å². The molecule has 5 heteroatoms. The summed E-state index contributed by atoms with van der Waals surface area (Å²) >= 11 is 6.02. The summed E-state index contributed by atoms with van der Waals surface area (Å²) in [6.07, 6.45) is 3.52. The van der Waals surface area contributed by atoms with Crippen molar-refractivity contribution in [2.45, 2.75) is 13.3 Å². The largest absolute Gasteiger partial charge is 0.424 e. The van der Waals surface area contributed by atoms with Gasteiger partial charge in [0.1, 0.15) is 11.3 Å². The maximum atomic E-state index is 13.8. The Bertz CT molecular complexity index is 949. The minimum absolute atomic E-state index is 0.280. The van der Waals surface area contributed by atoms with E-state index >= 15 is 0 Å². The zero-order valence-electron chi connectivity index (χ0n) is 13.5. The predicted molar refractivity (Wildman–Crippen MR) is 98.0 cm³/mol. The van der Waals surface area contributed by atoms with Crippen molar-refractivity contribution in [1.82, 2.24) is 4.98 Å². The van der Waals surface area contributed by atoms with Crippen LogP contribution in [0.1, 0.15) is 24.6 Å². The van der Waals surface area contributed by atoms with E-state index in [9.17, 15) is 9.18 Å². The second-order valence-corrected chi connectivity index (χ2v) is 5.77. The summed E-state index contributed by atoms with van der Waals surface area (Å²) in [6.45, 7) is 1.73. The molecule has 3 aromatic rings. The molecule has 0 spiro atoms. The number of nitrogens with zero attached hydrogens (tertiary/aromatic N) is 1. The molecule has 0 saturated heterocycles. The van der Waals surface area contributed by atoms with Crippen LogP contribution in [-0.2, 0) is 4.79 Å². The minimum Gasteiger partial charge on any atom is -0.424 e. The molecule has 0 aliphatic heterocycles. The van der Waals surface area contributed by atoms with Crippen molar-refractivity contribution in [3.63, 3.8) is 0 Å². The highest BCUT2D eigenvalue weighted by molar-refractivity contribution is 6.32. The van der Waals surface area contributed by atoms with Gasteiger partial charge in [-0.05, 0) is 36.4 Å². The van der Waals surface area contributed by atoms with Gasteiger partial charge in [-0.3, -0.25) is 4.79 Å². The molecular weight excluding hydrogens is 341 g/mol. The molecule has 0 saturated carbocycles. The van der Waals surface area contributed by atoms with Crippen molar-refractivity contribution in [2.24, 2.45) is 0 Å². The van der Waals surface area contributed by atoms with Crippen LogP contribution in [0.15, 0.2) is 48.5 Å². The molecule has 25 heavy (non-hydrogen) atoms. The number of esters is 1. The molecule has 0 unspecified atom stereocenters. The van der Waals surface area contributed by atoms with Crippen LogP contribution in [0.2, 0.25) is 5.02 Å². The highest BCUT2D eigenvalue weighted by atomic mass is 35.5. The van der Waals surface area contributed by atoms with Gasteiger partial charge in [-0.25, -0.2) is 9.37 Å². The standard InChI is InChI=1S/C20H15ClFNO2/c1-2-19(24)25-18-8-3-5-13-9-10-14(23-20(13)18)11-12-15-16(21)6-4-7-17(15)22/h3-12H,2H2,1H3/b12-11+. The summed E-state index contributed by atoms with van der Waals surface area (Å²) in [4.78, 5) is 16.1. The maximum Gasteiger partial charge on any atom is 0.310 e. The van der Waals surface area contributed by atoms with Crippen molar-refractivity contribution < 1.29 is 13.9 Å². The van der Waals surface area contributed by atoms with Gasteiger partial charge in [0, 0.05) is 17.4 Å². The molecule has 126 valence electrons. The summed E-state index contributed by atoms with van der Waals surface area (Å²) in [7, 11) is 0. The lowest BCUT2D eigenvalue weighted by molar-refractivity contribution is -0.133. The normalized spacial score (nSPS) is 11.2. The van der Waals surface area contributed by atoms with Gasteiger partial charge in [-0.2, -0.15) is 0 Å². The Hall–Kier alpha value is -2.72. The third-order valence-electron chi connectivity index (χ3n) is 3.64. The Labute approximate surface area is 149 Å². The fourth-order valence-corrected chi connectivity index (χ4v) is 2.57. The summed E-state index contributed by atoms with van der Waals surface area (Å²) in [5.41, 5.74) is 1.48. The molecule has 0 bridgehead atoms. The Kier molecular flexibility index (Phi) is 5.10. The van der Waals surface area contributed by atoms with Crippen molar-refractivity contribution >= 4 is 40.6 Å². The minimum atomic E-state index is -0.401. The van der Waals surface area contributed by atoms with Crippen LogP contribution in [0.25, 0.3) is 23.1 Å². The van der Waals surface area contributed by atoms with Crippen molar-refractivity contribution in [3.05, 3.63) is 70.6 Å². The number of benzene rings is 2. The van der Waals surface area contributed by atoms with E-state index in [1.165, 1.54) is 6.07 Å². The second kappa shape index (κ2) is 7.45. The fraction of sp³-hybridized carbons (Fsp3) is 0.100. The highest BCUT2D eigenvalue weighted by Gasteiger charge is 2.08. The van der Waals surface area contributed by atoms with Crippen LogP contribution in [0.3, 0.4) is 0 Å². The monoisotopic (exact) mass is 355 g/mol. The quantitative estimate of drug-likeness (QED) is 0.457. The first-order valence-corrected chi connectivity index (χ1v) is 8.19. The van der Waals surface area contributed by atoms with Crippen molar-refractivity contribution in [3.8, 4) is 5.75 Å². The number of carbonyl (C=O) groups is 1. The van der Waals surface area contributed by atoms with E-state index in [2.05, 4.69) is 4.98 Å². The predicted octanol–water partition coefficient (Wildman–Crippen LogP) is 5.51. The van der Waals surface area contributed by atoms with E-state index in [0.29, 0.717) is 27.5 Å². The Balaban J connectivity index is 1.99. The Morgan fingerprint density at radius 3 is 2.72 bits per heavy atom. The molecule has 0 N–H and O–H groups in total. The number of halogens is 2. The first-order chi connectivity index (χ1) is 12.1. The third kappa shape index (κ3) is 3.86. The van der Waals surface area contributed by atoms with Gasteiger partial charge in [-0.1, -0.05) is 42.8 Å². The molecule has 1 aromatic heterocycles. The summed E-state index contributed by atoms with van der Waals surface area (Å²) < 4.78 is 19.2. The molecule has 1 heterocycles. The molecular formula is C20H15ClFNO2. The molecule has 0 amide bonds. The summed E-state index contributed by atoms with van der Waals surface area (Å²) in [6, 6.07) is 13.6. The number of rotatable bonds is 4. The molecule has 0 aliphatic rings. The number of carbonyl (C=O) groups excluding carboxylic acids is 1. The van der Waals surface area contributed by atoms with Crippen LogP contribution in [0.5, 0.6) is 5.75 Å². The molecule has 0 aliphatic carbocycles. The molecule has 2 aromatic carbocycles. The lowest BCUT2D eigenvalue weighted by Crippen LogP contribution is -2.06. The fourth-order valence-electron chi connectivity index (χ4n) is 2.34. The lowest BCUT2D eigenvalue weighted by Gasteiger charge is -2.07. The maximum absolute atomic E-state index is 13.8. The summed E-state index contributed by atoms with van der Waals surface area (Å²) in [5, 5.41) is 1.18. The average Bonchev–Trinajstić information content (AvgIpc) is 2.61. The molecule has 3 rings (SSSR count). The average molecular weight is 356 g/mol. The Morgan fingerprint density at radius 2 is 1.96 bits per heavy atom. The highest BCUT2D eigenvalue weighted by Crippen LogP contribution is 2.26. The van der Waals surface area contributed by atoms with E-state index in [1.54, 1.807) is 49.4 Å². The van der Waals surface area contributed by atoms with E-state index in [1.807, 2.05) is 12.1 Å². The zero-order chi connectivity index (χ0) is 17.8. The van der Waals surface area contributed by atoms with E-state index < -0.39 is 5.82 Å². The molecule has 0 radical (unpaired) electrons. The lowest BCUT2D eigenvalue weighted by atomic mass is 10.1. The first kappa shape index (κ1) is 17.1. The number of para-hydroxylation sites is 1. The van der Waals surface area contributed by atoms with Gasteiger partial charge < -0.3 is 4.74 Å². The summed E-state index contributed by atoms with van der Waals surface area (Å²) in [5.74, 6) is -0.320. The Morgan fingerprint density at radius 1 is 1.16 bits per heavy atom. The number of pyridine rings is 1. The third-order valence-corrected chi connectivity index (χ3v) is 3.97. The van der Waals surface area contributed by atoms with E-state index in [4.69, 9.17) is 16.3 Å². The molecule has 0 atom stereocenters. The van der Waals surface area contributed by atoms with E-state index in [0.717, 1.165) is 5.39 Å². The van der Waals surface area contributed by atoms with Crippen molar-refractivity contribution in [2.75, 3.05) is 0 Å². The molecule has 0 fully saturated rings. The van der Waals surface area contributed by atoms with Gasteiger partial charge in [0.05, 0.1) is 10.7 Å². The number of hydrogen-bond donors (Lipinski definition) is 0. The van der Waals surface area contributed by atoms with Gasteiger partial charge >= 0.3 is 5.97 Å². The number of ether oxygens (including phenoxy) is 1. The number of aromatic nitrogens is 1. The van der Waals surface area contributed by atoms with Crippen LogP contribution >= 0.6 is 11.6 Å². The number of fused-ring (bicyclic) bond motifs is 1. The second-order valence-electron chi connectivity index (χ2n) is 5.36. The molecule has 3 nitrogen and oxygen atoms in total. The van der Waals surface area contributed by atoms with Crippen LogP contribution in [-0.4, -0.2) is 11.0 Å². The zero-order valence-corrected chi connectivity index (χ0v) is 14.3. The topological polar surface area (TPSA) is 39.2 Å². The van der Waals surface area contributed by atoms with Crippen LogP contribution in [0, 0.1) is 5.82 Å². The van der Waals surface area contributed by atoms with Crippen molar-refractivity contribution in [1.29, 1.82) is 0 Å². The van der Waals surface area contributed by atoms with Gasteiger partial charge in [0.2, 0.25) is 0 Å².